The SMILES string of the molecule is CCO[Si](OCC)(OCC)P(c1ccccc1)c1ccccc1. The van der Waals surface area contributed by atoms with E-state index in [-0.39, 0.29) is 0 Å². The Morgan fingerprint density at radius 1 is 0.652 bits per heavy atom. The summed E-state index contributed by atoms with van der Waals surface area (Å²) in [6.07, 6.45) is 0. The zero-order chi connectivity index (χ0) is 16.5. The van der Waals surface area contributed by atoms with Crippen LogP contribution < -0.4 is 10.6 Å². The van der Waals surface area contributed by atoms with Gasteiger partial charge in [0.1, 0.15) is 0 Å². The zero-order valence-electron chi connectivity index (χ0n) is 14.1. The highest BCUT2D eigenvalue weighted by molar-refractivity contribution is 8.02. The van der Waals surface area contributed by atoms with E-state index in [0.717, 1.165) is 0 Å². The minimum atomic E-state index is -2.84. The quantitative estimate of drug-likeness (QED) is 0.511. The van der Waals surface area contributed by atoms with E-state index in [1.165, 1.54) is 10.6 Å². The van der Waals surface area contributed by atoms with Gasteiger partial charge in [-0.3, -0.25) is 0 Å². The van der Waals surface area contributed by atoms with Gasteiger partial charge in [-0.05, 0) is 31.4 Å². The monoisotopic (exact) mass is 348 g/mol. The molecule has 0 amide bonds. The Morgan fingerprint density at radius 3 is 1.30 bits per heavy atom. The largest absolute Gasteiger partial charge is 0.536 e. The summed E-state index contributed by atoms with van der Waals surface area (Å²) in [5.74, 6) is 0. The number of hydrogen-bond acceptors (Lipinski definition) is 3. The van der Waals surface area contributed by atoms with Crippen LogP contribution in [0, 0.1) is 0 Å². The van der Waals surface area contributed by atoms with Crippen LogP contribution in [0.3, 0.4) is 0 Å². The van der Waals surface area contributed by atoms with Crippen LogP contribution in [0.5, 0.6) is 0 Å². The molecular formula is C18H25O3PSi. The van der Waals surface area contributed by atoms with Crippen LogP contribution >= 0.6 is 7.47 Å². The van der Waals surface area contributed by atoms with Crippen molar-refractivity contribution in [2.75, 3.05) is 19.8 Å². The summed E-state index contributed by atoms with van der Waals surface area (Å²) in [5.41, 5.74) is 0. The lowest BCUT2D eigenvalue weighted by molar-refractivity contribution is 0.0953. The molecule has 0 spiro atoms. The molecule has 2 rings (SSSR count). The summed E-state index contributed by atoms with van der Waals surface area (Å²) in [6, 6.07) is 20.9. The second-order valence-corrected chi connectivity index (χ2v) is 11.4. The van der Waals surface area contributed by atoms with E-state index in [0.29, 0.717) is 19.8 Å². The second kappa shape index (κ2) is 9.31. The van der Waals surface area contributed by atoms with Gasteiger partial charge in [-0.15, -0.1) is 0 Å². The van der Waals surface area contributed by atoms with Crippen molar-refractivity contribution in [1.29, 1.82) is 0 Å². The molecule has 0 aromatic heterocycles. The first-order valence-corrected chi connectivity index (χ1v) is 12.0. The molecule has 0 aliphatic rings. The van der Waals surface area contributed by atoms with Crippen LogP contribution in [0.25, 0.3) is 0 Å². The van der Waals surface area contributed by atoms with Crippen molar-refractivity contribution in [1.82, 2.24) is 0 Å². The molecule has 2 aromatic carbocycles. The van der Waals surface area contributed by atoms with Gasteiger partial charge in [-0.2, -0.15) is 0 Å². The molecule has 0 saturated heterocycles. The number of rotatable bonds is 9. The van der Waals surface area contributed by atoms with E-state index in [1.807, 2.05) is 32.9 Å². The van der Waals surface area contributed by atoms with Crippen LogP contribution in [0.4, 0.5) is 0 Å². The van der Waals surface area contributed by atoms with Crippen LogP contribution in [-0.4, -0.2) is 28.3 Å². The molecule has 0 saturated carbocycles. The van der Waals surface area contributed by atoms with Crippen molar-refractivity contribution in [2.45, 2.75) is 20.8 Å². The molecule has 124 valence electrons. The minimum Gasteiger partial charge on any atom is -0.370 e. The Morgan fingerprint density at radius 2 is 1.00 bits per heavy atom. The highest BCUT2D eigenvalue weighted by Gasteiger charge is 2.51. The number of hydrogen-bond donors (Lipinski definition) is 0. The molecule has 0 unspecified atom stereocenters. The van der Waals surface area contributed by atoms with Gasteiger partial charge in [-0.1, -0.05) is 60.7 Å². The normalized spacial score (nSPS) is 11.8. The highest BCUT2D eigenvalue weighted by Crippen LogP contribution is 2.46. The maximum atomic E-state index is 6.20. The van der Waals surface area contributed by atoms with Crippen LogP contribution in [0.2, 0.25) is 0 Å². The fourth-order valence-electron chi connectivity index (χ4n) is 2.49. The Hall–Kier alpha value is -1.03. The molecule has 0 bridgehead atoms. The van der Waals surface area contributed by atoms with Crippen molar-refractivity contribution in [3.8, 4) is 0 Å². The summed E-state index contributed by atoms with van der Waals surface area (Å²) >= 11 is 0. The third-order valence-electron chi connectivity index (χ3n) is 3.28. The van der Waals surface area contributed by atoms with Gasteiger partial charge in [-0.25, -0.2) is 0 Å². The van der Waals surface area contributed by atoms with Gasteiger partial charge >= 0.3 is 8.47 Å². The smallest absolute Gasteiger partial charge is 0.370 e. The third-order valence-corrected chi connectivity index (χ3v) is 11.8. The van der Waals surface area contributed by atoms with E-state index in [4.69, 9.17) is 13.3 Å². The topological polar surface area (TPSA) is 27.7 Å². The summed E-state index contributed by atoms with van der Waals surface area (Å²) in [4.78, 5) is 0. The van der Waals surface area contributed by atoms with Gasteiger partial charge in [0, 0.05) is 27.3 Å². The Kier molecular flexibility index (Phi) is 7.41. The average Bonchev–Trinajstić information content (AvgIpc) is 2.58. The van der Waals surface area contributed by atoms with Crippen molar-refractivity contribution in [3.05, 3.63) is 60.7 Å². The predicted octanol–water partition coefficient (Wildman–Crippen LogP) is 3.66. The maximum Gasteiger partial charge on any atom is 0.536 e. The fourth-order valence-corrected chi connectivity index (χ4v) is 11.2. The van der Waals surface area contributed by atoms with Gasteiger partial charge < -0.3 is 13.3 Å². The zero-order valence-corrected chi connectivity index (χ0v) is 16.0. The predicted molar refractivity (Wildman–Crippen MR) is 99.7 cm³/mol. The van der Waals surface area contributed by atoms with Gasteiger partial charge in [0.2, 0.25) is 0 Å². The van der Waals surface area contributed by atoms with Gasteiger partial charge in [0.25, 0.3) is 0 Å². The second-order valence-electron chi connectivity index (χ2n) is 4.83. The molecule has 0 aliphatic heterocycles. The van der Waals surface area contributed by atoms with Crippen molar-refractivity contribution in [2.24, 2.45) is 0 Å². The lowest BCUT2D eigenvalue weighted by Gasteiger charge is -2.35. The molecule has 2 aromatic rings. The summed E-state index contributed by atoms with van der Waals surface area (Å²) < 4.78 is 18.6. The molecule has 3 nitrogen and oxygen atoms in total. The van der Waals surface area contributed by atoms with Gasteiger partial charge in [0.15, 0.2) is 0 Å². The lowest BCUT2D eigenvalue weighted by Crippen LogP contribution is -2.49. The van der Waals surface area contributed by atoms with Crippen LogP contribution in [-0.2, 0) is 13.3 Å². The van der Waals surface area contributed by atoms with E-state index in [9.17, 15) is 0 Å². The standard InChI is InChI=1S/C18H25O3PSi/c1-4-19-23(20-5-2,21-6-3)22(17-13-9-7-10-14-17)18-15-11-8-12-16-18/h7-16H,4-6H2,1-3H3. The highest BCUT2D eigenvalue weighted by atomic mass is 31.4. The first-order valence-electron chi connectivity index (χ1n) is 8.09. The Balaban J connectivity index is 2.56. The summed E-state index contributed by atoms with van der Waals surface area (Å²) in [7, 11) is -3.69. The van der Waals surface area contributed by atoms with Crippen LogP contribution in [0.15, 0.2) is 60.7 Å². The molecule has 5 heteroatoms. The first-order chi connectivity index (χ1) is 11.3. The third kappa shape index (κ3) is 4.49. The Bertz CT molecular complexity index is 508. The molecule has 0 fully saturated rings. The van der Waals surface area contributed by atoms with Crippen LogP contribution in [0.1, 0.15) is 20.8 Å². The summed E-state index contributed by atoms with van der Waals surface area (Å²) in [5, 5.41) is 2.46. The fraction of sp³-hybridized carbons (Fsp3) is 0.333. The van der Waals surface area contributed by atoms with E-state index in [1.54, 1.807) is 0 Å². The first kappa shape index (κ1) is 18.3. The molecule has 0 radical (unpaired) electrons. The number of benzene rings is 2. The molecule has 0 N–H and O–H groups in total. The summed E-state index contributed by atoms with van der Waals surface area (Å²) in [6.45, 7) is 7.77. The van der Waals surface area contributed by atoms with Gasteiger partial charge in [0.05, 0.1) is 0 Å². The van der Waals surface area contributed by atoms with Crippen molar-refractivity contribution >= 4 is 26.6 Å². The molecular weight excluding hydrogens is 323 g/mol. The molecule has 0 aliphatic carbocycles. The maximum absolute atomic E-state index is 6.20. The molecule has 23 heavy (non-hydrogen) atoms. The van der Waals surface area contributed by atoms with E-state index in [2.05, 4.69) is 48.5 Å². The van der Waals surface area contributed by atoms with Crippen molar-refractivity contribution in [3.63, 3.8) is 0 Å². The van der Waals surface area contributed by atoms with E-state index < -0.39 is 15.9 Å². The average molecular weight is 348 g/mol. The minimum absolute atomic E-state index is 0.588. The molecule has 0 heterocycles. The lowest BCUT2D eigenvalue weighted by atomic mass is 10.4. The Labute approximate surface area is 141 Å². The molecule has 0 atom stereocenters. The van der Waals surface area contributed by atoms with E-state index >= 15 is 0 Å². The van der Waals surface area contributed by atoms with Crippen molar-refractivity contribution < 1.29 is 13.3 Å².